The molecule has 1 saturated carbocycles. The predicted octanol–water partition coefficient (Wildman–Crippen LogP) is 2.05. The molecule has 5 nitrogen and oxygen atoms in total. The number of ether oxygens (including phenoxy) is 1. The molecule has 2 fully saturated rings. The van der Waals surface area contributed by atoms with Crippen molar-refractivity contribution in [3.8, 4) is 0 Å². The summed E-state index contributed by atoms with van der Waals surface area (Å²) in [5.74, 6) is -0.983. The number of aliphatic carboxylic acids is 1. The molecular formula is C16H27NO4. The Morgan fingerprint density at radius 3 is 2.43 bits per heavy atom. The zero-order chi connectivity index (χ0) is 15.4. The summed E-state index contributed by atoms with van der Waals surface area (Å²) in [5.41, 5.74) is 0. The van der Waals surface area contributed by atoms with E-state index in [-0.39, 0.29) is 17.9 Å². The minimum atomic E-state index is -0.829. The summed E-state index contributed by atoms with van der Waals surface area (Å²) in [5, 5.41) is 12.4. The molecule has 1 aliphatic carbocycles. The minimum absolute atomic E-state index is 0.0719. The van der Waals surface area contributed by atoms with E-state index in [4.69, 9.17) is 4.74 Å². The van der Waals surface area contributed by atoms with Gasteiger partial charge in [-0.05, 0) is 44.4 Å². The monoisotopic (exact) mass is 297 g/mol. The van der Waals surface area contributed by atoms with Crippen LogP contribution in [-0.4, -0.2) is 36.2 Å². The second kappa shape index (κ2) is 7.25. The van der Waals surface area contributed by atoms with Crippen molar-refractivity contribution in [1.29, 1.82) is 0 Å². The third kappa shape index (κ3) is 3.96. The van der Waals surface area contributed by atoms with Gasteiger partial charge in [0.1, 0.15) is 0 Å². The normalized spacial score (nSPS) is 31.8. The first kappa shape index (κ1) is 16.3. The number of carbonyl (C=O) groups is 2. The SMILES string of the molecule is CCC1C[C@H](C(=O)NC(C)C2CCOCC2)[C@H](C(=O)O)C1. The predicted molar refractivity (Wildman–Crippen MR) is 78.8 cm³/mol. The Bertz CT molecular complexity index is 378. The van der Waals surface area contributed by atoms with Gasteiger partial charge in [0.15, 0.2) is 0 Å². The van der Waals surface area contributed by atoms with Crippen LogP contribution in [0.4, 0.5) is 0 Å². The molecule has 2 N–H and O–H groups in total. The maximum absolute atomic E-state index is 12.5. The van der Waals surface area contributed by atoms with E-state index in [0.717, 1.165) is 32.5 Å². The summed E-state index contributed by atoms with van der Waals surface area (Å²) < 4.78 is 5.34. The molecule has 2 aliphatic rings. The van der Waals surface area contributed by atoms with E-state index in [1.54, 1.807) is 0 Å². The molecule has 1 heterocycles. The van der Waals surface area contributed by atoms with E-state index in [1.807, 2.05) is 6.92 Å². The molecule has 2 rings (SSSR count). The summed E-state index contributed by atoms with van der Waals surface area (Å²) >= 11 is 0. The van der Waals surface area contributed by atoms with Gasteiger partial charge >= 0.3 is 5.97 Å². The maximum Gasteiger partial charge on any atom is 0.307 e. The lowest BCUT2D eigenvalue weighted by atomic mass is 9.91. The van der Waals surface area contributed by atoms with Gasteiger partial charge in [-0.1, -0.05) is 13.3 Å². The highest BCUT2D eigenvalue weighted by atomic mass is 16.5. The van der Waals surface area contributed by atoms with Crippen LogP contribution in [0.5, 0.6) is 0 Å². The minimum Gasteiger partial charge on any atom is -0.481 e. The van der Waals surface area contributed by atoms with Gasteiger partial charge in [-0.2, -0.15) is 0 Å². The quantitative estimate of drug-likeness (QED) is 0.814. The molecule has 0 aromatic heterocycles. The Morgan fingerprint density at radius 2 is 1.86 bits per heavy atom. The molecule has 0 aromatic rings. The van der Waals surface area contributed by atoms with Gasteiger partial charge in [-0.25, -0.2) is 0 Å². The van der Waals surface area contributed by atoms with E-state index in [1.165, 1.54) is 0 Å². The average molecular weight is 297 g/mol. The molecule has 5 heteroatoms. The zero-order valence-corrected chi connectivity index (χ0v) is 13.0. The molecule has 120 valence electrons. The number of carboxylic acid groups (broad SMARTS) is 1. The van der Waals surface area contributed by atoms with E-state index >= 15 is 0 Å². The fourth-order valence-corrected chi connectivity index (χ4v) is 3.70. The second-order valence-corrected chi connectivity index (χ2v) is 6.54. The van der Waals surface area contributed by atoms with Crippen LogP contribution in [0, 0.1) is 23.7 Å². The molecular weight excluding hydrogens is 270 g/mol. The highest BCUT2D eigenvalue weighted by Crippen LogP contribution is 2.38. The Balaban J connectivity index is 1.93. The van der Waals surface area contributed by atoms with Crippen molar-refractivity contribution in [3.05, 3.63) is 0 Å². The smallest absolute Gasteiger partial charge is 0.307 e. The molecule has 0 spiro atoms. The maximum atomic E-state index is 12.5. The van der Waals surface area contributed by atoms with Crippen molar-refractivity contribution in [3.63, 3.8) is 0 Å². The van der Waals surface area contributed by atoms with Gasteiger partial charge in [-0.3, -0.25) is 9.59 Å². The van der Waals surface area contributed by atoms with Crippen molar-refractivity contribution >= 4 is 11.9 Å². The van der Waals surface area contributed by atoms with Gasteiger partial charge in [0.2, 0.25) is 5.91 Å². The average Bonchev–Trinajstić information content (AvgIpc) is 2.92. The number of rotatable bonds is 5. The largest absolute Gasteiger partial charge is 0.481 e. The Morgan fingerprint density at radius 1 is 1.24 bits per heavy atom. The van der Waals surface area contributed by atoms with Crippen LogP contribution in [-0.2, 0) is 14.3 Å². The number of nitrogens with one attached hydrogen (secondary N) is 1. The molecule has 1 amide bonds. The van der Waals surface area contributed by atoms with Crippen LogP contribution in [0.1, 0.15) is 46.0 Å². The fourth-order valence-electron chi connectivity index (χ4n) is 3.70. The third-order valence-corrected chi connectivity index (χ3v) is 5.23. The van der Waals surface area contributed by atoms with Crippen molar-refractivity contribution in [2.75, 3.05) is 13.2 Å². The zero-order valence-electron chi connectivity index (χ0n) is 13.0. The second-order valence-electron chi connectivity index (χ2n) is 6.54. The topological polar surface area (TPSA) is 75.6 Å². The Hall–Kier alpha value is -1.10. The number of amides is 1. The number of carboxylic acids is 1. The first-order chi connectivity index (χ1) is 10.0. The van der Waals surface area contributed by atoms with E-state index in [9.17, 15) is 14.7 Å². The van der Waals surface area contributed by atoms with Crippen molar-refractivity contribution in [1.82, 2.24) is 5.32 Å². The number of hydrogen-bond donors (Lipinski definition) is 2. The summed E-state index contributed by atoms with van der Waals surface area (Å²) in [6, 6.07) is 0.0940. The van der Waals surface area contributed by atoms with Gasteiger partial charge in [-0.15, -0.1) is 0 Å². The van der Waals surface area contributed by atoms with E-state index < -0.39 is 11.9 Å². The number of hydrogen-bond acceptors (Lipinski definition) is 3. The highest BCUT2D eigenvalue weighted by Gasteiger charge is 2.42. The van der Waals surface area contributed by atoms with Crippen LogP contribution in [0.3, 0.4) is 0 Å². The summed E-state index contributed by atoms with van der Waals surface area (Å²) in [7, 11) is 0. The molecule has 1 aliphatic heterocycles. The molecule has 0 radical (unpaired) electrons. The molecule has 4 atom stereocenters. The van der Waals surface area contributed by atoms with Crippen molar-refractivity contribution in [2.45, 2.75) is 52.0 Å². The van der Waals surface area contributed by atoms with Crippen molar-refractivity contribution in [2.24, 2.45) is 23.7 Å². The molecule has 2 unspecified atom stereocenters. The molecule has 21 heavy (non-hydrogen) atoms. The first-order valence-electron chi connectivity index (χ1n) is 8.13. The van der Waals surface area contributed by atoms with Gasteiger partial charge < -0.3 is 15.2 Å². The van der Waals surface area contributed by atoms with Crippen LogP contribution in [0.2, 0.25) is 0 Å². The Kier molecular flexibility index (Phi) is 5.62. The van der Waals surface area contributed by atoms with Crippen LogP contribution < -0.4 is 5.32 Å². The lowest BCUT2D eigenvalue weighted by molar-refractivity contribution is -0.146. The van der Waals surface area contributed by atoms with E-state index in [2.05, 4.69) is 12.2 Å². The lowest BCUT2D eigenvalue weighted by Gasteiger charge is -2.29. The van der Waals surface area contributed by atoms with Gasteiger partial charge in [0.25, 0.3) is 0 Å². The van der Waals surface area contributed by atoms with Crippen molar-refractivity contribution < 1.29 is 19.4 Å². The van der Waals surface area contributed by atoms with Crippen LogP contribution in [0.15, 0.2) is 0 Å². The van der Waals surface area contributed by atoms with Gasteiger partial charge in [0, 0.05) is 19.3 Å². The van der Waals surface area contributed by atoms with Gasteiger partial charge in [0.05, 0.1) is 11.8 Å². The first-order valence-corrected chi connectivity index (χ1v) is 8.13. The van der Waals surface area contributed by atoms with E-state index in [0.29, 0.717) is 24.7 Å². The summed E-state index contributed by atoms with van der Waals surface area (Å²) in [6.07, 6.45) is 4.22. The molecule has 1 saturated heterocycles. The number of carbonyl (C=O) groups excluding carboxylic acids is 1. The summed E-state index contributed by atoms with van der Waals surface area (Å²) in [6.45, 7) is 5.60. The molecule has 0 aromatic carbocycles. The molecule has 0 bridgehead atoms. The fraction of sp³-hybridized carbons (Fsp3) is 0.875. The van der Waals surface area contributed by atoms with Crippen LogP contribution >= 0.6 is 0 Å². The standard InChI is InChI=1S/C16H27NO4/c1-3-11-8-13(14(9-11)16(19)20)15(18)17-10(2)12-4-6-21-7-5-12/h10-14H,3-9H2,1-2H3,(H,17,18)(H,19,20)/t10?,11?,13-,14+/m0/s1. The highest BCUT2D eigenvalue weighted by molar-refractivity contribution is 5.85. The third-order valence-electron chi connectivity index (χ3n) is 5.23. The van der Waals surface area contributed by atoms with Crippen LogP contribution in [0.25, 0.3) is 0 Å². The Labute approximate surface area is 126 Å². The summed E-state index contributed by atoms with van der Waals surface area (Å²) in [4.78, 5) is 23.8. The lowest BCUT2D eigenvalue weighted by Crippen LogP contribution is -2.44.